The summed E-state index contributed by atoms with van der Waals surface area (Å²) in [4.78, 5) is 33.0. The molecular formula is C25H26ClN5O2. The van der Waals surface area contributed by atoms with Crippen LogP contribution in [-0.2, 0) is 4.79 Å². The van der Waals surface area contributed by atoms with Crippen molar-refractivity contribution in [2.24, 2.45) is 16.8 Å². The Morgan fingerprint density at radius 2 is 2.06 bits per heavy atom. The third-order valence-corrected chi connectivity index (χ3v) is 5.75. The van der Waals surface area contributed by atoms with Crippen LogP contribution in [0, 0.1) is 28.6 Å². The van der Waals surface area contributed by atoms with Gasteiger partial charge in [-0.2, -0.15) is 5.26 Å². The average molecular weight is 464 g/mol. The number of aliphatic imine (C=N–C) groups is 1. The Hall–Kier alpha value is -3.50. The SMILES string of the molecule is CN=CC(C=N)[C@H]1[C@H](C(=O)Nc2cc(Cl)cc(C#N)c2)c2ccccc2C(=O)N1CC(C)C. The summed E-state index contributed by atoms with van der Waals surface area (Å²) >= 11 is 6.12. The van der Waals surface area contributed by atoms with Crippen LogP contribution < -0.4 is 5.32 Å². The number of hydrogen-bond donors (Lipinski definition) is 2. The Morgan fingerprint density at radius 3 is 2.70 bits per heavy atom. The van der Waals surface area contributed by atoms with Crippen molar-refractivity contribution in [3.05, 3.63) is 64.2 Å². The fraction of sp³-hybridized carbons (Fsp3) is 0.320. The smallest absolute Gasteiger partial charge is 0.254 e. The van der Waals surface area contributed by atoms with Crippen molar-refractivity contribution >= 4 is 41.5 Å². The van der Waals surface area contributed by atoms with Gasteiger partial charge in [-0.1, -0.05) is 43.6 Å². The van der Waals surface area contributed by atoms with Gasteiger partial charge in [0.25, 0.3) is 5.91 Å². The van der Waals surface area contributed by atoms with Gasteiger partial charge < -0.3 is 20.6 Å². The predicted octanol–water partition coefficient (Wildman–Crippen LogP) is 4.38. The number of carbonyl (C=O) groups is 2. The quantitative estimate of drug-likeness (QED) is 0.594. The van der Waals surface area contributed by atoms with E-state index < -0.39 is 17.9 Å². The number of halogens is 1. The summed E-state index contributed by atoms with van der Waals surface area (Å²) in [6.45, 7) is 4.44. The molecule has 3 rings (SSSR count). The third-order valence-electron chi connectivity index (χ3n) is 5.54. The van der Waals surface area contributed by atoms with E-state index in [0.717, 1.165) is 0 Å². The summed E-state index contributed by atoms with van der Waals surface area (Å²) < 4.78 is 0. The molecule has 1 heterocycles. The van der Waals surface area contributed by atoms with Gasteiger partial charge in [-0.25, -0.2) is 0 Å². The van der Waals surface area contributed by atoms with Crippen LogP contribution in [0.1, 0.15) is 41.3 Å². The average Bonchev–Trinajstić information content (AvgIpc) is 2.78. The minimum atomic E-state index is -0.758. The maximum atomic E-state index is 13.7. The molecule has 0 saturated heterocycles. The van der Waals surface area contributed by atoms with E-state index in [2.05, 4.69) is 10.3 Å². The monoisotopic (exact) mass is 463 g/mol. The molecule has 2 amide bonds. The molecule has 0 saturated carbocycles. The lowest BCUT2D eigenvalue weighted by molar-refractivity contribution is -0.119. The van der Waals surface area contributed by atoms with Gasteiger partial charge in [-0.05, 0) is 35.7 Å². The van der Waals surface area contributed by atoms with Crippen LogP contribution in [0.2, 0.25) is 5.02 Å². The van der Waals surface area contributed by atoms with Crippen LogP contribution in [0.25, 0.3) is 0 Å². The number of anilines is 1. The normalized spacial score (nSPS) is 18.7. The number of amides is 2. The van der Waals surface area contributed by atoms with Gasteiger partial charge >= 0.3 is 0 Å². The fourth-order valence-electron chi connectivity index (χ4n) is 4.29. The van der Waals surface area contributed by atoms with E-state index in [-0.39, 0.29) is 17.7 Å². The molecule has 1 unspecified atom stereocenters. The second kappa shape index (κ2) is 10.4. The zero-order valence-electron chi connectivity index (χ0n) is 18.7. The number of benzene rings is 2. The molecule has 1 aliphatic rings. The molecule has 0 spiro atoms. The Morgan fingerprint density at radius 1 is 1.33 bits per heavy atom. The topological polar surface area (TPSA) is 109 Å². The van der Waals surface area contributed by atoms with Crippen LogP contribution in [0.4, 0.5) is 5.69 Å². The first-order valence-electron chi connectivity index (χ1n) is 10.6. The first-order chi connectivity index (χ1) is 15.8. The Bertz CT molecular complexity index is 1140. The molecule has 170 valence electrons. The van der Waals surface area contributed by atoms with Crippen molar-refractivity contribution < 1.29 is 9.59 Å². The van der Waals surface area contributed by atoms with Crippen LogP contribution in [0.3, 0.4) is 0 Å². The first kappa shape index (κ1) is 24.1. The second-order valence-electron chi connectivity index (χ2n) is 8.39. The van der Waals surface area contributed by atoms with Crippen molar-refractivity contribution in [1.29, 1.82) is 10.7 Å². The van der Waals surface area contributed by atoms with Gasteiger partial charge in [0.1, 0.15) is 0 Å². The summed E-state index contributed by atoms with van der Waals surface area (Å²) in [7, 11) is 1.60. The summed E-state index contributed by atoms with van der Waals surface area (Å²) in [6, 6.07) is 13.1. The number of rotatable bonds is 7. The van der Waals surface area contributed by atoms with Gasteiger partial charge in [0.15, 0.2) is 0 Å². The zero-order chi connectivity index (χ0) is 24.1. The predicted molar refractivity (Wildman–Crippen MR) is 130 cm³/mol. The van der Waals surface area contributed by atoms with Crippen LogP contribution in [0.5, 0.6) is 0 Å². The highest BCUT2D eigenvalue weighted by atomic mass is 35.5. The number of nitriles is 1. The van der Waals surface area contributed by atoms with Crippen molar-refractivity contribution in [3.8, 4) is 6.07 Å². The number of hydrogen-bond acceptors (Lipinski definition) is 5. The van der Waals surface area contributed by atoms with Crippen LogP contribution in [-0.4, -0.2) is 48.8 Å². The highest BCUT2D eigenvalue weighted by Gasteiger charge is 2.46. The van der Waals surface area contributed by atoms with Crippen molar-refractivity contribution in [2.45, 2.75) is 25.8 Å². The van der Waals surface area contributed by atoms with Crippen molar-refractivity contribution in [2.75, 3.05) is 18.9 Å². The molecule has 33 heavy (non-hydrogen) atoms. The van der Waals surface area contributed by atoms with E-state index in [0.29, 0.717) is 33.9 Å². The molecule has 1 aliphatic heterocycles. The Labute approximate surface area is 198 Å². The molecule has 2 aromatic rings. The van der Waals surface area contributed by atoms with Gasteiger partial charge in [0.05, 0.1) is 29.5 Å². The van der Waals surface area contributed by atoms with Gasteiger partial charge in [0.2, 0.25) is 5.91 Å². The lowest BCUT2D eigenvalue weighted by Gasteiger charge is -2.44. The fourth-order valence-corrected chi connectivity index (χ4v) is 4.52. The number of fused-ring (bicyclic) bond motifs is 1. The maximum Gasteiger partial charge on any atom is 0.254 e. The molecule has 2 N–H and O–H groups in total. The van der Waals surface area contributed by atoms with Crippen molar-refractivity contribution in [3.63, 3.8) is 0 Å². The molecule has 0 radical (unpaired) electrons. The molecule has 0 aliphatic carbocycles. The number of nitrogens with one attached hydrogen (secondary N) is 2. The van der Waals surface area contributed by atoms with E-state index in [1.807, 2.05) is 19.9 Å². The van der Waals surface area contributed by atoms with Gasteiger partial charge in [-0.15, -0.1) is 0 Å². The number of carbonyl (C=O) groups excluding carboxylic acids is 2. The van der Waals surface area contributed by atoms with Gasteiger partial charge in [0, 0.05) is 42.3 Å². The Kier molecular flexibility index (Phi) is 7.62. The highest BCUT2D eigenvalue weighted by molar-refractivity contribution is 6.31. The summed E-state index contributed by atoms with van der Waals surface area (Å²) in [5, 5.41) is 20.5. The van der Waals surface area contributed by atoms with E-state index in [4.69, 9.17) is 17.0 Å². The highest BCUT2D eigenvalue weighted by Crippen LogP contribution is 2.38. The van der Waals surface area contributed by atoms with E-state index in [1.54, 1.807) is 54.6 Å². The summed E-state index contributed by atoms with van der Waals surface area (Å²) in [6.07, 6.45) is 2.82. The van der Waals surface area contributed by atoms with Crippen LogP contribution in [0.15, 0.2) is 47.5 Å². The van der Waals surface area contributed by atoms with Crippen molar-refractivity contribution in [1.82, 2.24) is 4.90 Å². The van der Waals surface area contributed by atoms with Gasteiger partial charge in [-0.3, -0.25) is 9.59 Å². The van der Waals surface area contributed by atoms with E-state index in [1.165, 1.54) is 12.3 Å². The Balaban J connectivity index is 2.14. The van der Waals surface area contributed by atoms with Crippen LogP contribution >= 0.6 is 11.6 Å². The van der Waals surface area contributed by atoms with E-state index in [9.17, 15) is 14.9 Å². The number of nitrogens with zero attached hydrogens (tertiary/aromatic N) is 3. The molecule has 7 nitrogen and oxygen atoms in total. The zero-order valence-corrected chi connectivity index (χ0v) is 19.5. The lowest BCUT2D eigenvalue weighted by Crippen LogP contribution is -2.56. The molecule has 3 atom stereocenters. The molecule has 0 fully saturated rings. The minimum Gasteiger partial charge on any atom is -0.333 e. The first-order valence-corrected chi connectivity index (χ1v) is 11.0. The second-order valence-corrected chi connectivity index (χ2v) is 8.82. The maximum absolute atomic E-state index is 13.7. The summed E-state index contributed by atoms with van der Waals surface area (Å²) in [5.74, 6) is -1.68. The molecular weight excluding hydrogens is 438 g/mol. The molecule has 8 heteroatoms. The molecule has 0 bridgehead atoms. The standard InChI is InChI=1S/C25H26ClN5O2/c1-15(2)14-31-23(17(12-28)13-29-3)22(20-6-4-5-7-21(20)25(31)33)24(32)30-19-9-16(11-27)8-18(26)10-19/h4-10,12-13,15,17,22-23,28H,14H2,1-3H3,(H,30,32)/t17?,22-,23+/m1/s1. The molecule has 2 aromatic carbocycles. The lowest BCUT2D eigenvalue weighted by atomic mass is 9.76. The largest absolute Gasteiger partial charge is 0.333 e. The van der Waals surface area contributed by atoms with E-state index >= 15 is 0 Å². The minimum absolute atomic E-state index is 0.154. The molecule has 0 aromatic heterocycles. The third kappa shape index (κ3) is 5.12. The summed E-state index contributed by atoms with van der Waals surface area (Å²) in [5.41, 5.74) is 1.79.